The molecule has 104 valence electrons. The summed E-state index contributed by atoms with van der Waals surface area (Å²) in [5, 5.41) is 10.1. The van der Waals surface area contributed by atoms with E-state index in [-0.39, 0.29) is 30.1 Å². The van der Waals surface area contributed by atoms with Crippen molar-refractivity contribution in [3.05, 3.63) is 39.9 Å². The highest BCUT2D eigenvalue weighted by Gasteiger charge is 2.28. The third-order valence-corrected chi connectivity index (χ3v) is 3.64. The van der Waals surface area contributed by atoms with Gasteiger partial charge in [0, 0.05) is 29.9 Å². The van der Waals surface area contributed by atoms with Gasteiger partial charge in [0.1, 0.15) is 0 Å². The van der Waals surface area contributed by atoms with Crippen molar-refractivity contribution in [3.63, 3.8) is 0 Å². The van der Waals surface area contributed by atoms with Crippen LogP contribution in [0.5, 0.6) is 0 Å². The van der Waals surface area contributed by atoms with Crippen molar-refractivity contribution in [2.75, 3.05) is 12.3 Å². The lowest BCUT2D eigenvalue weighted by Crippen LogP contribution is -2.41. The zero-order valence-electron chi connectivity index (χ0n) is 10.3. The molecule has 0 bridgehead atoms. The number of carbonyl (C=O) groups is 3. The Bertz CT molecular complexity index is 568. The van der Waals surface area contributed by atoms with Gasteiger partial charge in [-0.05, 0) is 12.1 Å². The van der Waals surface area contributed by atoms with Gasteiger partial charge < -0.3 is 0 Å². The van der Waals surface area contributed by atoms with Crippen molar-refractivity contribution < 1.29 is 19.3 Å². The Labute approximate surface area is 118 Å². The lowest BCUT2D eigenvalue weighted by molar-refractivity contribution is -0.384. The van der Waals surface area contributed by atoms with Crippen LogP contribution in [0.1, 0.15) is 16.8 Å². The number of ketones is 1. The van der Waals surface area contributed by atoms with Gasteiger partial charge in [0.2, 0.25) is 5.91 Å². The number of benzene rings is 1. The summed E-state index contributed by atoms with van der Waals surface area (Å²) in [6.07, 6.45) is 0.226. The Balaban J connectivity index is 2.09. The van der Waals surface area contributed by atoms with Crippen molar-refractivity contribution in [1.82, 2.24) is 4.90 Å². The van der Waals surface area contributed by atoms with E-state index >= 15 is 0 Å². The van der Waals surface area contributed by atoms with Crippen molar-refractivity contribution in [2.45, 2.75) is 6.42 Å². The van der Waals surface area contributed by atoms with Crippen LogP contribution in [0.2, 0.25) is 0 Å². The van der Waals surface area contributed by atoms with Crippen molar-refractivity contribution in [2.24, 2.45) is 0 Å². The van der Waals surface area contributed by atoms with E-state index in [0.29, 0.717) is 5.75 Å². The molecule has 1 fully saturated rings. The molecule has 0 radical (unpaired) electrons. The molecule has 2 amide bonds. The molecule has 0 N–H and O–H groups in total. The monoisotopic (exact) mass is 294 g/mol. The highest BCUT2D eigenvalue weighted by atomic mass is 32.2. The van der Waals surface area contributed by atoms with E-state index in [2.05, 4.69) is 0 Å². The largest absolute Gasteiger partial charge is 0.292 e. The minimum atomic E-state index is -0.567. The summed E-state index contributed by atoms with van der Waals surface area (Å²) in [7, 11) is 0. The number of nitro benzene ring substituents is 1. The van der Waals surface area contributed by atoms with E-state index in [1.807, 2.05) is 0 Å². The third kappa shape index (κ3) is 3.02. The maximum Gasteiger partial charge on any atom is 0.288 e. The SMILES string of the molecule is O=C(CN1C(=O)CCSC1=O)c1ccc([N+](=O)[O-])cc1. The second-order valence-electron chi connectivity index (χ2n) is 4.07. The Hall–Kier alpha value is -2.22. The number of Topliss-reactive ketones (excluding diaryl/α,β-unsaturated/α-hetero) is 1. The molecule has 8 heteroatoms. The molecule has 0 aliphatic carbocycles. The third-order valence-electron chi connectivity index (χ3n) is 2.76. The topological polar surface area (TPSA) is 97.6 Å². The van der Waals surface area contributed by atoms with Crippen molar-refractivity contribution in [3.8, 4) is 0 Å². The Morgan fingerprint density at radius 1 is 1.30 bits per heavy atom. The van der Waals surface area contributed by atoms with E-state index in [0.717, 1.165) is 16.7 Å². The lowest BCUT2D eigenvalue weighted by Gasteiger charge is -2.23. The van der Waals surface area contributed by atoms with Crippen molar-refractivity contribution >= 4 is 34.4 Å². The fraction of sp³-hybridized carbons (Fsp3) is 0.250. The smallest absolute Gasteiger partial charge is 0.288 e. The van der Waals surface area contributed by atoms with Crippen LogP contribution in [0.3, 0.4) is 0 Å². The van der Waals surface area contributed by atoms with Crippen LogP contribution < -0.4 is 0 Å². The molecule has 0 saturated carbocycles. The van der Waals surface area contributed by atoms with Gasteiger partial charge in [-0.1, -0.05) is 11.8 Å². The molecule has 20 heavy (non-hydrogen) atoms. The minimum absolute atomic E-state index is 0.123. The summed E-state index contributed by atoms with van der Waals surface area (Å²) < 4.78 is 0. The second kappa shape index (κ2) is 5.83. The number of non-ortho nitro benzene ring substituents is 1. The molecule has 2 rings (SSSR count). The number of nitrogens with zero attached hydrogens (tertiary/aromatic N) is 2. The summed E-state index contributed by atoms with van der Waals surface area (Å²) >= 11 is 0.998. The second-order valence-corrected chi connectivity index (χ2v) is 5.12. The number of thioether (sulfide) groups is 1. The summed E-state index contributed by atoms with van der Waals surface area (Å²) in [4.78, 5) is 45.9. The average molecular weight is 294 g/mol. The Kier molecular flexibility index (Phi) is 4.14. The zero-order chi connectivity index (χ0) is 14.7. The number of amides is 2. The fourth-order valence-corrected chi connectivity index (χ4v) is 2.47. The predicted molar refractivity (Wildman–Crippen MR) is 71.6 cm³/mol. The van der Waals surface area contributed by atoms with Crippen LogP contribution in [0, 0.1) is 10.1 Å². The maximum atomic E-state index is 12.0. The number of hydrogen-bond donors (Lipinski definition) is 0. The predicted octanol–water partition coefficient (Wildman–Crippen LogP) is 1.86. The molecule has 0 spiro atoms. The van der Waals surface area contributed by atoms with Gasteiger partial charge in [0.25, 0.3) is 10.9 Å². The van der Waals surface area contributed by atoms with Gasteiger partial charge in [-0.25, -0.2) is 0 Å². The first-order valence-electron chi connectivity index (χ1n) is 5.74. The van der Waals surface area contributed by atoms with Gasteiger partial charge in [0.05, 0.1) is 11.5 Å². The molecule has 1 aromatic rings. The molecule has 0 atom stereocenters. The van der Waals surface area contributed by atoms with Crippen LogP contribution in [0.25, 0.3) is 0 Å². The molecule has 1 aromatic carbocycles. The van der Waals surface area contributed by atoms with Gasteiger partial charge in [-0.2, -0.15) is 0 Å². The van der Waals surface area contributed by atoms with Crippen LogP contribution in [0.15, 0.2) is 24.3 Å². The fourth-order valence-electron chi connectivity index (χ4n) is 1.70. The van der Waals surface area contributed by atoms with Gasteiger partial charge in [0.15, 0.2) is 5.78 Å². The van der Waals surface area contributed by atoms with E-state index < -0.39 is 15.9 Å². The Morgan fingerprint density at radius 2 is 1.95 bits per heavy atom. The number of hydrogen-bond acceptors (Lipinski definition) is 6. The molecule has 1 heterocycles. The number of imide groups is 1. The zero-order valence-corrected chi connectivity index (χ0v) is 11.1. The van der Waals surface area contributed by atoms with Crippen molar-refractivity contribution in [1.29, 1.82) is 0 Å². The number of nitro groups is 1. The first-order valence-corrected chi connectivity index (χ1v) is 6.72. The lowest BCUT2D eigenvalue weighted by atomic mass is 10.1. The molecule has 1 saturated heterocycles. The molecule has 7 nitrogen and oxygen atoms in total. The van der Waals surface area contributed by atoms with Gasteiger partial charge in [-0.3, -0.25) is 29.4 Å². The molecule has 1 aliphatic rings. The molecular weight excluding hydrogens is 284 g/mol. The first kappa shape index (κ1) is 14.2. The summed E-state index contributed by atoms with van der Waals surface area (Å²) in [6.45, 7) is -0.331. The quantitative estimate of drug-likeness (QED) is 0.477. The highest BCUT2D eigenvalue weighted by molar-refractivity contribution is 8.13. The van der Waals surface area contributed by atoms with Crippen LogP contribution >= 0.6 is 11.8 Å². The number of rotatable bonds is 4. The van der Waals surface area contributed by atoms with Crippen LogP contribution in [0.4, 0.5) is 10.5 Å². The highest BCUT2D eigenvalue weighted by Crippen LogP contribution is 2.19. The summed E-state index contributed by atoms with van der Waals surface area (Å²) in [5.41, 5.74) is 0.106. The van der Waals surface area contributed by atoms with Crippen LogP contribution in [-0.4, -0.2) is 39.1 Å². The maximum absolute atomic E-state index is 12.0. The van der Waals surface area contributed by atoms with Gasteiger partial charge >= 0.3 is 0 Å². The molecular formula is C12H10N2O5S. The van der Waals surface area contributed by atoms with E-state index in [1.54, 1.807) is 0 Å². The van der Waals surface area contributed by atoms with Crippen LogP contribution in [-0.2, 0) is 4.79 Å². The summed E-state index contributed by atoms with van der Waals surface area (Å²) in [5.74, 6) is -0.368. The average Bonchev–Trinajstić information content (AvgIpc) is 2.43. The minimum Gasteiger partial charge on any atom is -0.292 e. The van der Waals surface area contributed by atoms with E-state index in [9.17, 15) is 24.5 Å². The standard InChI is InChI=1S/C12H10N2O5S/c15-10(7-13-11(16)5-6-20-12(13)17)8-1-3-9(4-2-8)14(18)19/h1-4H,5-7H2. The van der Waals surface area contributed by atoms with E-state index in [1.165, 1.54) is 24.3 Å². The van der Waals surface area contributed by atoms with Gasteiger partial charge in [-0.15, -0.1) is 0 Å². The first-order chi connectivity index (χ1) is 9.49. The Morgan fingerprint density at radius 3 is 2.50 bits per heavy atom. The molecule has 0 unspecified atom stereocenters. The molecule has 1 aliphatic heterocycles. The molecule has 0 aromatic heterocycles. The van der Waals surface area contributed by atoms with E-state index in [4.69, 9.17) is 0 Å². The number of carbonyl (C=O) groups excluding carboxylic acids is 3. The normalized spacial score (nSPS) is 15.3. The summed E-state index contributed by atoms with van der Waals surface area (Å²) in [6, 6.07) is 5.04.